The van der Waals surface area contributed by atoms with Crippen LogP contribution in [0, 0.1) is 17.0 Å². The number of nitro groups is 1. The highest BCUT2D eigenvalue weighted by Crippen LogP contribution is 2.49. The van der Waals surface area contributed by atoms with Gasteiger partial charge in [0.25, 0.3) is 23.4 Å². The molecule has 0 N–H and O–H groups in total. The van der Waals surface area contributed by atoms with Gasteiger partial charge in [-0.2, -0.15) is 0 Å². The minimum absolute atomic E-state index is 0.0110. The summed E-state index contributed by atoms with van der Waals surface area (Å²) in [5.74, 6) is -1.06. The molecule has 0 unspecified atom stereocenters. The third kappa shape index (κ3) is 3.93. The molecule has 11 nitrogen and oxygen atoms in total. The summed E-state index contributed by atoms with van der Waals surface area (Å²) in [6.07, 6.45) is 0. The van der Waals surface area contributed by atoms with Gasteiger partial charge in [-0.15, -0.1) is 0 Å². The van der Waals surface area contributed by atoms with Crippen molar-refractivity contribution in [2.24, 2.45) is 0 Å². The van der Waals surface area contributed by atoms with Gasteiger partial charge in [-0.05, 0) is 54.4 Å². The molecule has 200 valence electrons. The lowest BCUT2D eigenvalue weighted by Gasteiger charge is -2.50. The molecule has 3 aromatic carbocycles. The number of imide groups is 1. The van der Waals surface area contributed by atoms with Gasteiger partial charge in [0.05, 0.1) is 43.4 Å². The van der Waals surface area contributed by atoms with Gasteiger partial charge >= 0.3 is 0 Å². The molecule has 3 amide bonds. The number of nitrogens with zero attached hydrogens (tertiary/aromatic N) is 3. The van der Waals surface area contributed by atoms with Crippen molar-refractivity contribution in [1.82, 2.24) is 4.90 Å². The first-order chi connectivity index (χ1) is 18.6. The van der Waals surface area contributed by atoms with Crippen LogP contribution in [0.25, 0.3) is 0 Å². The standard InChI is InChI=1S/C27H22ClN3O8/c1-13-9-15(28)5-8-19(13)29-22(14-10-20(37-2)24(39-4)21(11-14)38-3)23(27(29)34)30-25(32)17-7-6-16(31(35)36)12-18(17)26(30)33/h5-12,22-23H,1-4H3/t22-,23+/m0/s1. The molecular formula is C27H22ClN3O8. The van der Waals surface area contributed by atoms with Crippen molar-refractivity contribution < 1.29 is 33.5 Å². The first kappa shape index (κ1) is 26.0. The van der Waals surface area contributed by atoms with Crippen molar-refractivity contribution in [3.8, 4) is 17.2 Å². The topological polar surface area (TPSA) is 129 Å². The first-order valence-corrected chi connectivity index (χ1v) is 12.1. The highest BCUT2D eigenvalue weighted by Gasteiger charge is 2.58. The second-order valence-electron chi connectivity index (χ2n) is 8.95. The van der Waals surface area contributed by atoms with Gasteiger partial charge in [-0.25, -0.2) is 0 Å². The number of methoxy groups -OCH3 is 3. The van der Waals surface area contributed by atoms with E-state index in [1.807, 2.05) is 0 Å². The molecular weight excluding hydrogens is 530 g/mol. The van der Waals surface area contributed by atoms with Crippen molar-refractivity contribution in [2.45, 2.75) is 19.0 Å². The summed E-state index contributed by atoms with van der Waals surface area (Å²) in [6.45, 7) is 1.79. The number of fused-ring (bicyclic) bond motifs is 1. The van der Waals surface area contributed by atoms with E-state index in [1.54, 1.807) is 37.3 Å². The number of aryl methyl sites for hydroxylation is 1. The Labute approximate surface area is 227 Å². The predicted molar refractivity (Wildman–Crippen MR) is 140 cm³/mol. The van der Waals surface area contributed by atoms with Gasteiger partial charge in [0.15, 0.2) is 11.5 Å². The maximum atomic E-state index is 13.8. The summed E-state index contributed by atoms with van der Waals surface area (Å²) >= 11 is 6.15. The van der Waals surface area contributed by atoms with Gasteiger partial charge < -0.3 is 19.1 Å². The maximum absolute atomic E-state index is 13.8. The minimum atomic E-state index is -1.24. The Morgan fingerprint density at radius 2 is 1.46 bits per heavy atom. The Kier molecular flexibility index (Phi) is 6.39. The van der Waals surface area contributed by atoms with Crippen LogP contribution in [0.1, 0.15) is 37.9 Å². The number of hydrogen-bond acceptors (Lipinski definition) is 8. The van der Waals surface area contributed by atoms with Crippen LogP contribution in [0.5, 0.6) is 17.2 Å². The summed E-state index contributed by atoms with van der Waals surface area (Å²) in [5, 5.41) is 11.8. The number of carbonyl (C=O) groups is 3. The number of hydrogen-bond donors (Lipinski definition) is 0. The van der Waals surface area contributed by atoms with E-state index < -0.39 is 34.7 Å². The molecule has 1 fully saturated rings. The van der Waals surface area contributed by atoms with Crippen LogP contribution >= 0.6 is 11.6 Å². The van der Waals surface area contributed by atoms with Crippen LogP contribution in [0.15, 0.2) is 48.5 Å². The van der Waals surface area contributed by atoms with E-state index in [-0.39, 0.29) is 16.8 Å². The third-order valence-corrected chi connectivity index (χ3v) is 7.14. The van der Waals surface area contributed by atoms with Crippen LogP contribution < -0.4 is 19.1 Å². The fourth-order valence-corrected chi connectivity index (χ4v) is 5.33. The van der Waals surface area contributed by atoms with E-state index in [0.717, 1.165) is 17.0 Å². The van der Waals surface area contributed by atoms with Crippen LogP contribution in [0.4, 0.5) is 11.4 Å². The summed E-state index contributed by atoms with van der Waals surface area (Å²) < 4.78 is 16.4. The SMILES string of the molecule is COc1cc([C@H]2[C@@H](N3C(=O)c4ccc([N+](=O)[O-])cc4C3=O)C(=O)N2c2ccc(Cl)cc2C)cc(OC)c1OC. The molecule has 0 aromatic heterocycles. The molecule has 12 heteroatoms. The molecule has 0 saturated carbocycles. The Morgan fingerprint density at radius 3 is 2.03 bits per heavy atom. The molecule has 5 rings (SSSR count). The fraction of sp³-hybridized carbons (Fsp3) is 0.222. The molecule has 3 aromatic rings. The van der Waals surface area contributed by atoms with E-state index >= 15 is 0 Å². The largest absolute Gasteiger partial charge is 0.493 e. The predicted octanol–water partition coefficient (Wildman–Crippen LogP) is 4.34. The smallest absolute Gasteiger partial charge is 0.270 e. The minimum Gasteiger partial charge on any atom is -0.493 e. The van der Waals surface area contributed by atoms with Crippen molar-refractivity contribution >= 4 is 40.7 Å². The Bertz CT molecular complexity index is 1550. The van der Waals surface area contributed by atoms with Crippen LogP contribution in [-0.4, -0.2) is 54.9 Å². The molecule has 39 heavy (non-hydrogen) atoms. The van der Waals surface area contributed by atoms with Gasteiger partial charge in [0.1, 0.15) is 6.04 Å². The molecule has 0 bridgehead atoms. The summed E-state index contributed by atoms with van der Waals surface area (Å²) in [6, 6.07) is 9.65. The zero-order chi connectivity index (χ0) is 28.2. The number of nitro benzene ring substituents is 1. The molecule has 2 atom stereocenters. The monoisotopic (exact) mass is 551 g/mol. The lowest BCUT2D eigenvalue weighted by Crippen LogP contribution is -2.67. The van der Waals surface area contributed by atoms with Crippen molar-refractivity contribution in [3.05, 3.63) is 85.9 Å². The quantitative estimate of drug-likeness (QED) is 0.184. The number of benzene rings is 3. The zero-order valence-electron chi connectivity index (χ0n) is 21.3. The Morgan fingerprint density at radius 1 is 0.821 bits per heavy atom. The van der Waals surface area contributed by atoms with E-state index in [0.29, 0.717) is 39.1 Å². The lowest BCUT2D eigenvalue weighted by molar-refractivity contribution is -0.384. The number of carbonyl (C=O) groups excluding carboxylic acids is 3. The summed E-state index contributed by atoms with van der Waals surface area (Å²) in [4.78, 5) is 53.6. The maximum Gasteiger partial charge on any atom is 0.270 e. The average molecular weight is 552 g/mol. The van der Waals surface area contributed by atoms with Crippen LogP contribution in [0.2, 0.25) is 5.02 Å². The van der Waals surface area contributed by atoms with Crippen LogP contribution in [-0.2, 0) is 4.79 Å². The first-order valence-electron chi connectivity index (χ1n) is 11.7. The van der Waals surface area contributed by atoms with Gasteiger partial charge in [-0.3, -0.25) is 29.4 Å². The van der Waals surface area contributed by atoms with E-state index in [9.17, 15) is 24.5 Å². The average Bonchev–Trinajstić information content (AvgIpc) is 3.16. The van der Waals surface area contributed by atoms with E-state index in [2.05, 4.69) is 0 Å². The number of rotatable bonds is 7. The molecule has 0 spiro atoms. The van der Waals surface area contributed by atoms with Crippen molar-refractivity contribution in [1.29, 1.82) is 0 Å². The van der Waals surface area contributed by atoms with E-state index in [4.69, 9.17) is 25.8 Å². The summed E-state index contributed by atoms with van der Waals surface area (Å²) in [7, 11) is 4.35. The molecule has 2 heterocycles. The molecule has 0 aliphatic carbocycles. The second kappa shape index (κ2) is 9.59. The number of halogens is 1. The highest BCUT2D eigenvalue weighted by atomic mass is 35.5. The molecule has 1 saturated heterocycles. The normalized spacial score (nSPS) is 18.1. The Balaban J connectivity index is 1.66. The van der Waals surface area contributed by atoms with Gasteiger partial charge in [-0.1, -0.05) is 11.6 Å². The highest BCUT2D eigenvalue weighted by molar-refractivity contribution is 6.31. The Hall–Kier alpha value is -4.64. The second-order valence-corrected chi connectivity index (χ2v) is 9.39. The van der Waals surface area contributed by atoms with Crippen molar-refractivity contribution in [2.75, 3.05) is 26.2 Å². The number of β-lactam (4-membered cyclic amide) rings is 1. The van der Waals surface area contributed by atoms with Gasteiger partial charge in [0.2, 0.25) is 5.75 Å². The van der Waals surface area contributed by atoms with E-state index in [1.165, 1.54) is 32.3 Å². The fourth-order valence-electron chi connectivity index (χ4n) is 5.10. The number of amides is 3. The lowest BCUT2D eigenvalue weighted by atomic mass is 9.85. The number of non-ortho nitro benzene ring substituents is 1. The zero-order valence-corrected chi connectivity index (χ0v) is 22.0. The number of anilines is 1. The number of ether oxygens (including phenoxy) is 3. The van der Waals surface area contributed by atoms with Crippen molar-refractivity contribution in [3.63, 3.8) is 0 Å². The molecule has 2 aliphatic heterocycles. The third-order valence-electron chi connectivity index (χ3n) is 6.91. The molecule has 2 aliphatic rings. The molecule has 0 radical (unpaired) electrons. The van der Waals surface area contributed by atoms with Crippen LogP contribution in [0.3, 0.4) is 0 Å². The summed E-state index contributed by atoms with van der Waals surface area (Å²) in [5.41, 5.74) is 1.26. The van der Waals surface area contributed by atoms with Gasteiger partial charge in [0, 0.05) is 22.8 Å².